The molecule has 8 aliphatic rings. The molecule has 0 saturated carbocycles. The summed E-state index contributed by atoms with van der Waals surface area (Å²) in [6.45, 7) is -0.336. The van der Waals surface area contributed by atoms with Crippen LogP contribution in [0.1, 0.15) is 66.8 Å². The van der Waals surface area contributed by atoms with E-state index in [1.807, 2.05) is 0 Å². The second-order valence-corrected chi connectivity index (χ2v) is 31.0. The summed E-state index contributed by atoms with van der Waals surface area (Å²) < 4.78 is 2.57. The summed E-state index contributed by atoms with van der Waals surface area (Å²) in [5.74, 6) is 0. The topological polar surface area (TPSA) is 11.4 Å². The number of benzene rings is 17. The van der Waals surface area contributed by atoms with Crippen LogP contribution >= 0.6 is 0 Å². The van der Waals surface area contributed by atoms with E-state index >= 15 is 0 Å². The van der Waals surface area contributed by atoms with Crippen molar-refractivity contribution in [3.8, 4) is 83.6 Å². The van der Waals surface area contributed by atoms with Gasteiger partial charge in [0.15, 0.2) is 0 Å². The van der Waals surface area contributed by atoms with E-state index in [9.17, 15) is 0 Å². The number of hydrogen-bond donors (Lipinski definition) is 0. The van der Waals surface area contributed by atoms with E-state index in [1.165, 1.54) is 183 Å². The lowest BCUT2D eigenvalue weighted by Gasteiger charge is -2.46. The van der Waals surface area contributed by atoms with Gasteiger partial charge in [-0.05, 0) is 210 Å². The van der Waals surface area contributed by atoms with Crippen molar-refractivity contribution < 1.29 is 0 Å². The van der Waals surface area contributed by atoms with E-state index < -0.39 is 16.2 Å². The molecule has 109 heavy (non-hydrogen) atoms. The summed E-state index contributed by atoms with van der Waals surface area (Å²) in [6, 6.07) is 146. The Morgan fingerprint density at radius 2 is 0.606 bits per heavy atom. The largest absolute Gasteiger partial charge is 0.311 e. The molecule has 18 aromatic rings. The van der Waals surface area contributed by atoms with Crippen molar-refractivity contribution in [2.75, 3.05) is 9.80 Å². The normalized spacial score (nSPS) is 15.0. The molecule has 0 saturated heterocycles. The van der Waals surface area contributed by atoms with Crippen LogP contribution in [0.2, 0.25) is 0 Å². The van der Waals surface area contributed by atoms with Crippen molar-refractivity contribution in [1.82, 2.24) is 4.57 Å². The Bertz CT molecular complexity index is 6950. The highest BCUT2D eigenvalue weighted by molar-refractivity contribution is 7.01. The average molecular weight is 1380 g/mol. The number of anilines is 6. The van der Waals surface area contributed by atoms with Gasteiger partial charge in [-0.15, -0.1) is 0 Å². The smallest absolute Gasteiger partial charge is 0.252 e. The Balaban J connectivity index is 0.869. The molecule has 500 valence electrons. The summed E-state index contributed by atoms with van der Waals surface area (Å²) in [5, 5.41) is 2.44. The molecule has 3 spiro atoms. The third kappa shape index (κ3) is 6.92. The maximum atomic E-state index is 2.81. The number of rotatable bonds is 4. The van der Waals surface area contributed by atoms with Gasteiger partial charge < -0.3 is 14.4 Å². The second kappa shape index (κ2) is 20.8. The monoisotopic (exact) mass is 1380 g/mol. The highest BCUT2D eigenvalue weighted by atomic mass is 15.2. The number of nitrogens with zero attached hydrogens (tertiary/aromatic N) is 3. The van der Waals surface area contributed by atoms with E-state index in [0.717, 1.165) is 39.5 Å². The van der Waals surface area contributed by atoms with E-state index in [4.69, 9.17) is 0 Å². The summed E-state index contributed by atoms with van der Waals surface area (Å²) in [6.07, 6.45) is 0. The van der Waals surface area contributed by atoms with Crippen molar-refractivity contribution in [2.24, 2.45) is 0 Å². The summed E-state index contributed by atoms with van der Waals surface area (Å²) in [7, 11) is 0. The molecule has 0 amide bonds. The molecule has 0 atom stereocenters. The van der Waals surface area contributed by atoms with Gasteiger partial charge in [0.25, 0.3) is 6.71 Å². The van der Waals surface area contributed by atoms with Gasteiger partial charge in [0.1, 0.15) is 0 Å². The Morgan fingerprint density at radius 3 is 1.12 bits per heavy atom. The summed E-state index contributed by atoms with van der Waals surface area (Å²) in [4.78, 5) is 5.50. The van der Waals surface area contributed by atoms with Crippen molar-refractivity contribution in [3.63, 3.8) is 0 Å². The Morgan fingerprint density at radius 1 is 0.211 bits per heavy atom. The minimum Gasteiger partial charge on any atom is -0.311 e. The van der Waals surface area contributed by atoms with Crippen LogP contribution in [0, 0.1) is 0 Å². The standard InChI is InChI=1S/C105H62BN3/c1-2-27-63(28-3-1)64-53-55-65(56-54-64)107-95-58-57-89-99(78-39-12-23-49-88(78)103(89)80-41-15-4-29-67(80)68-30-5-16-42-81(68)103)102(95)106-91-62-90-79(74-36-11-19-45-84(74)104(90)82-43-17-6-31-69(82)70-32-7-18-44-83(70)104)61-96(91)109(98-60-66(59-97(107)101(98)106)108-92-50-24-13-37-75(92)76-38-14-25-51-93(76)108)94-52-26-40-77-73-35-10-22-48-87(73)105(100(77)94)85-46-20-8-33-71(85)72-34-9-21-47-86(72)105/h1-62H. The lowest BCUT2D eigenvalue weighted by molar-refractivity contribution is 0.792. The molecule has 0 bridgehead atoms. The van der Waals surface area contributed by atoms with E-state index in [-0.39, 0.29) is 6.71 Å². The zero-order chi connectivity index (χ0) is 70.7. The zero-order valence-electron chi connectivity index (χ0n) is 59.2. The molecular formula is C105H62BN3. The van der Waals surface area contributed by atoms with Gasteiger partial charge in [-0.2, -0.15) is 0 Å². The van der Waals surface area contributed by atoms with Gasteiger partial charge in [0.05, 0.1) is 38.7 Å². The number of para-hydroxylation sites is 2. The summed E-state index contributed by atoms with van der Waals surface area (Å²) in [5.41, 5.74) is 45.7. The zero-order valence-corrected chi connectivity index (χ0v) is 59.2. The highest BCUT2D eigenvalue weighted by Crippen LogP contribution is 2.69. The van der Waals surface area contributed by atoms with Gasteiger partial charge in [-0.25, -0.2) is 0 Å². The molecule has 3 nitrogen and oxygen atoms in total. The molecule has 1 aromatic heterocycles. The first-order chi connectivity index (χ1) is 54.1. The van der Waals surface area contributed by atoms with Crippen LogP contribution in [0.3, 0.4) is 0 Å². The molecule has 0 fully saturated rings. The fourth-order valence-electron chi connectivity index (χ4n) is 22.9. The minimum absolute atomic E-state index is 0.336. The van der Waals surface area contributed by atoms with Gasteiger partial charge in [-0.1, -0.05) is 322 Å². The van der Waals surface area contributed by atoms with Gasteiger partial charge in [0.2, 0.25) is 0 Å². The van der Waals surface area contributed by atoms with E-state index in [1.54, 1.807) is 0 Å². The first-order valence-electron chi connectivity index (χ1n) is 38.4. The number of aromatic nitrogens is 1. The van der Waals surface area contributed by atoms with Crippen LogP contribution in [0.4, 0.5) is 34.1 Å². The third-order valence-electron chi connectivity index (χ3n) is 26.6. The molecule has 0 N–H and O–H groups in total. The maximum Gasteiger partial charge on any atom is 0.252 e. The fourth-order valence-corrected chi connectivity index (χ4v) is 22.9. The van der Waals surface area contributed by atoms with Gasteiger partial charge >= 0.3 is 0 Å². The molecule has 4 heteroatoms. The average Bonchev–Trinajstić information content (AvgIpc) is 1.57. The molecular weight excluding hydrogens is 1310 g/mol. The van der Waals surface area contributed by atoms with Crippen LogP contribution < -0.4 is 26.2 Å². The van der Waals surface area contributed by atoms with Crippen LogP contribution in [-0.4, -0.2) is 11.3 Å². The lowest BCUT2D eigenvalue weighted by Crippen LogP contribution is -2.62. The highest BCUT2D eigenvalue weighted by Gasteiger charge is 2.59. The molecule has 0 unspecified atom stereocenters. The van der Waals surface area contributed by atoms with Crippen molar-refractivity contribution >= 4 is 79.0 Å². The fraction of sp³-hybridized carbons (Fsp3) is 0.0286. The predicted octanol–water partition coefficient (Wildman–Crippen LogP) is 23.6. The van der Waals surface area contributed by atoms with Gasteiger partial charge in [-0.3, -0.25) is 0 Å². The first-order valence-corrected chi connectivity index (χ1v) is 38.4. The van der Waals surface area contributed by atoms with Crippen molar-refractivity contribution in [2.45, 2.75) is 16.2 Å². The van der Waals surface area contributed by atoms with Crippen LogP contribution in [0.15, 0.2) is 376 Å². The number of fused-ring (bicyclic) bond motifs is 38. The van der Waals surface area contributed by atoms with Crippen LogP contribution in [0.5, 0.6) is 0 Å². The van der Waals surface area contributed by atoms with E-state index in [0.29, 0.717) is 0 Å². The quantitative estimate of drug-likeness (QED) is 0.163. The van der Waals surface area contributed by atoms with Crippen molar-refractivity contribution in [1.29, 1.82) is 0 Å². The minimum atomic E-state index is -0.701. The van der Waals surface area contributed by atoms with Crippen LogP contribution in [-0.2, 0) is 16.2 Å². The Labute approximate surface area is 631 Å². The Hall–Kier alpha value is -13.8. The molecule has 0 radical (unpaired) electrons. The van der Waals surface area contributed by atoms with Gasteiger partial charge in [0, 0.05) is 44.8 Å². The molecule has 3 heterocycles. The maximum absolute atomic E-state index is 2.81. The van der Waals surface area contributed by atoms with E-state index in [2.05, 4.69) is 390 Å². The molecule has 2 aliphatic heterocycles. The predicted molar refractivity (Wildman–Crippen MR) is 449 cm³/mol. The number of hydrogen-bond acceptors (Lipinski definition) is 2. The molecule has 17 aromatic carbocycles. The van der Waals surface area contributed by atoms with Crippen LogP contribution in [0.25, 0.3) is 105 Å². The Kier molecular flexibility index (Phi) is 11.2. The lowest BCUT2D eigenvalue weighted by atomic mass is 9.32. The second-order valence-electron chi connectivity index (χ2n) is 31.0. The summed E-state index contributed by atoms with van der Waals surface area (Å²) >= 11 is 0. The third-order valence-corrected chi connectivity index (χ3v) is 26.6. The molecule has 6 aliphatic carbocycles. The molecule has 26 rings (SSSR count). The first kappa shape index (κ1) is 58.5. The van der Waals surface area contributed by atoms with Crippen molar-refractivity contribution in [3.05, 3.63) is 443 Å². The SMILES string of the molecule is c1ccc(-c2ccc(N3c4cc(-n5c6ccccc6c6ccccc65)cc5c4B(c4cc6c(cc4N5c4cccc5c4C4(c7ccccc7-c7ccccc74)c4ccccc4-5)-c4ccccc4C64c5ccccc5-c5ccccc54)c4c3ccc3c4-c4ccccc4C34c3ccccc3-c3ccccc34)cc2)cc1.